The van der Waals surface area contributed by atoms with Crippen LogP contribution in [0.4, 0.5) is 0 Å². The monoisotopic (exact) mass is 155 g/mol. The van der Waals surface area contributed by atoms with Crippen LogP contribution in [0.2, 0.25) is 0 Å². The smallest absolute Gasteiger partial charge is 0.319 e. The molecule has 1 saturated carbocycles. The van der Waals surface area contributed by atoms with Gasteiger partial charge < -0.3 is 10.4 Å². The predicted molar refractivity (Wildman–Crippen MR) is 35.9 cm³/mol. The summed E-state index contributed by atoms with van der Waals surface area (Å²) in [7, 11) is 0. The Kier molecular flexibility index (Phi) is 1.06. The van der Waals surface area contributed by atoms with Crippen LogP contribution in [0.1, 0.15) is 19.3 Å². The van der Waals surface area contributed by atoms with Crippen molar-refractivity contribution >= 4 is 11.9 Å². The summed E-state index contributed by atoms with van der Waals surface area (Å²) in [6.45, 7) is 0. The number of amides is 1. The first kappa shape index (κ1) is 6.64. The van der Waals surface area contributed by atoms with Gasteiger partial charge in [-0.3, -0.25) is 9.59 Å². The summed E-state index contributed by atoms with van der Waals surface area (Å²) in [6, 6.07) is 0.124. The number of carboxylic acids is 1. The van der Waals surface area contributed by atoms with Crippen LogP contribution in [0, 0.1) is 5.41 Å². The van der Waals surface area contributed by atoms with Crippen LogP contribution < -0.4 is 5.32 Å². The van der Waals surface area contributed by atoms with Crippen LogP contribution in [0.15, 0.2) is 0 Å². The van der Waals surface area contributed by atoms with E-state index in [9.17, 15) is 9.59 Å². The molecule has 2 fully saturated rings. The number of carboxylic acid groups (broad SMARTS) is 1. The van der Waals surface area contributed by atoms with Crippen molar-refractivity contribution in [1.29, 1.82) is 0 Å². The van der Waals surface area contributed by atoms with Crippen molar-refractivity contribution in [2.45, 2.75) is 25.3 Å². The summed E-state index contributed by atoms with van der Waals surface area (Å²) < 4.78 is 0. The first-order valence-electron chi connectivity index (χ1n) is 3.69. The summed E-state index contributed by atoms with van der Waals surface area (Å²) >= 11 is 0. The number of carbonyl (C=O) groups excluding carboxylic acids is 1. The van der Waals surface area contributed by atoms with Crippen LogP contribution in [0.25, 0.3) is 0 Å². The molecule has 11 heavy (non-hydrogen) atoms. The highest BCUT2D eigenvalue weighted by Gasteiger charge is 2.57. The zero-order chi connectivity index (χ0) is 8.06. The molecule has 0 aromatic heterocycles. The van der Waals surface area contributed by atoms with E-state index in [0.717, 1.165) is 6.42 Å². The lowest BCUT2D eigenvalue weighted by atomic mass is 9.87. The number of hydrogen-bond donors (Lipinski definition) is 2. The minimum atomic E-state index is -1.06. The van der Waals surface area contributed by atoms with Gasteiger partial charge in [-0.05, 0) is 19.3 Å². The van der Waals surface area contributed by atoms with Crippen LogP contribution in [0.5, 0.6) is 0 Å². The standard InChI is InChI=1S/C7H9NO3/c9-5-7(6(10)11)2-1-4(3-7)8-5/h4H,1-3H2,(H,8,9)(H,10,11)/t4?,7-/m0/s1. The fraction of sp³-hybridized carbons (Fsp3) is 0.714. The molecule has 4 nitrogen and oxygen atoms in total. The second-order valence-corrected chi connectivity index (χ2v) is 3.30. The number of hydrogen-bond acceptors (Lipinski definition) is 2. The van der Waals surface area contributed by atoms with Gasteiger partial charge in [-0.25, -0.2) is 0 Å². The topological polar surface area (TPSA) is 66.4 Å². The largest absolute Gasteiger partial charge is 0.480 e. The molecular weight excluding hydrogens is 146 g/mol. The summed E-state index contributed by atoms with van der Waals surface area (Å²) in [4.78, 5) is 21.8. The quantitative estimate of drug-likeness (QED) is 0.513. The van der Waals surface area contributed by atoms with Crippen molar-refractivity contribution in [1.82, 2.24) is 5.32 Å². The predicted octanol–water partition coefficient (Wildman–Crippen LogP) is -0.260. The summed E-state index contributed by atoms with van der Waals surface area (Å²) in [6.07, 6.45) is 1.82. The second-order valence-electron chi connectivity index (χ2n) is 3.30. The average molecular weight is 155 g/mol. The Balaban J connectivity index is 2.37. The highest BCUT2D eigenvalue weighted by atomic mass is 16.4. The molecule has 1 aliphatic heterocycles. The van der Waals surface area contributed by atoms with Crippen LogP contribution in [-0.4, -0.2) is 23.0 Å². The van der Waals surface area contributed by atoms with E-state index in [2.05, 4.69) is 5.32 Å². The number of rotatable bonds is 1. The van der Waals surface area contributed by atoms with Gasteiger partial charge in [-0.15, -0.1) is 0 Å². The van der Waals surface area contributed by atoms with Crippen LogP contribution in [0.3, 0.4) is 0 Å². The van der Waals surface area contributed by atoms with Gasteiger partial charge in [0, 0.05) is 6.04 Å². The van der Waals surface area contributed by atoms with Gasteiger partial charge in [0.05, 0.1) is 0 Å². The highest BCUT2D eigenvalue weighted by molar-refractivity contribution is 6.04. The van der Waals surface area contributed by atoms with Crippen LogP contribution in [-0.2, 0) is 9.59 Å². The van der Waals surface area contributed by atoms with Crippen molar-refractivity contribution in [2.75, 3.05) is 0 Å². The Morgan fingerprint density at radius 2 is 2.45 bits per heavy atom. The SMILES string of the molecule is O=C(O)[C@@]12CCC(C1)NC2=O. The molecule has 0 spiro atoms. The molecule has 2 N–H and O–H groups in total. The molecular formula is C7H9NO3. The van der Waals surface area contributed by atoms with E-state index >= 15 is 0 Å². The summed E-state index contributed by atoms with van der Waals surface area (Å²) in [5.74, 6) is -1.25. The lowest BCUT2D eigenvalue weighted by Gasteiger charge is -2.18. The van der Waals surface area contributed by atoms with Gasteiger partial charge >= 0.3 is 5.97 Å². The molecule has 1 unspecified atom stereocenters. The number of aliphatic carboxylic acids is 1. The summed E-state index contributed by atoms with van der Waals surface area (Å²) in [5.41, 5.74) is -1.06. The van der Waals surface area contributed by atoms with Gasteiger partial charge in [0.15, 0.2) is 0 Å². The third-order valence-electron chi connectivity index (χ3n) is 2.69. The zero-order valence-electron chi connectivity index (χ0n) is 5.96. The molecule has 0 aromatic carbocycles. The fourth-order valence-electron chi connectivity index (χ4n) is 1.99. The highest BCUT2D eigenvalue weighted by Crippen LogP contribution is 2.43. The van der Waals surface area contributed by atoms with E-state index in [0.29, 0.717) is 12.8 Å². The molecule has 1 saturated heterocycles. The zero-order valence-corrected chi connectivity index (χ0v) is 5.96. The normalized spacial score (nSPS) is 40.7. The second kappa shape index (κ2) is 1.75. The first-order chi connectivity index (χ1) is 5.15. The van der Waals surface area contributed by atoms with E-state index in [-0.39, 0.29) is 11.9 Å². The molecule has 2 atom stereocenters. The lowest BCUT2D eigenvalue weighted by molar-refractivity contribution is -0.153. The first-order valence-corrected chi connectivity index (χ1v) is 3.69. The number of piperidine rings is 1. The molecule has 0 radical (unpaired) electrons. The lowest BCUT2D eigenvalue weighted by Crippen LogP contribution is -2.41. The Bertz CT molecular complexity index is 238. The van der Waals surface area contributed by atoms with E-state index in [1.807, 2.05) is 0 Å². The molecule has 2 rings (SSSR count). The molecule has 1 amide bonds. The van der Waals surface area contributed by atoms with E-state index in [1.54, 1.807) is 0 Å². The maximum absolute atomic E-state index is 11.1. The van der Waals surface area contributed by atoms with Crippen molar-refractivity contribution in [2.24, 2.45) is 5.41 Å². The molecule has 4 heteroatoms. The molecule has 0 aromatic rings. The maximum Gasteiger partial charge on any atom is 0.319 e. The van der Waals surface area contributed by atoms with Gasteiger partial charge in [0.2, 0.25) is 5.91 Å². The molecule has 60 valence electrons. The Labute approximate surface area is 63.6 Å². The third-order valence-corrected chi connectivity index (χ3v) is 2.69. The molecule has 2 aliphatic rings. The number of nitrogens with one attached hydrogen (secondary N) is 1. The minimum absolute atomic E-state index is 0.124. The number of fused-ring (bicyclic) bond motifs is 2. The molecule has 2 bridgehead atoms. The maximum atomic E-state index is 11.1. The summed E-state index contributed by atoms with van der Waals surface area (Å²) in [5, 5.41) is 11.5. The average Bonchev–Trinajstić information content (AvgIpc) is 2.43. The molecule has 1 aliphatic carbocycles. The van der Waals surface area contributed by atoms with E-state index < -0.39 is 11.4 Å². The van der Waals surface area contributed by atoms with Crippen molar-refractivity contribution < 1.29 is 14.7 Å². The Morgan fingerprint density at radius 3 is 2.73 bits per heavy atom. The van der Waals surface area contributed by atoms with E-state index in [4.69, 9.17) is 5.11 Å². The molecule has 1 heterocycles. The number of carbonyl (C=O) groups is 2. The van der Waals surface area contributed by atoms with Crippen molar-refractivity contribution in [3.8, 4) is 0 Å². The van der Waals surface area contributed by atoms with Crippen LogP contribution >= 0.6 is 0 Å². The van der Waals surface area contributed by atoms with Gasteiger partial charge in [0.1, 0.15) is 5.41 Å². The van der Waals surface area contributed by atoms with Gasteiger partial charge in [-0.2, -0.15) is 0 Å². The van der Waals surface area contributed by atoms with Crippen molar-refractivity contribution in [3.05, 3.63) is 0 Å². The van der Waals surface area contributed by atoms with E-state index in [1.165, 1.54) is 0 Å². The van der Waals surface area contributed by atoms with Gasteiger partial charge in [-0.1, -0.05) is 0 Å². The Morgan fingerprint density at radius 1 is 1.73 bits per heavy atom. The van der Waals surface area contributed by atoms with Crippen molar-refractivity contribution in [3.63, 3.8) is 0 Å². The third kappa shape index (κ3) is 0.640. The Hall–Kier alpha value is -1.06. The van der Waals surface area contributed by atoms with Gasteiger partial charge in [0.25, 0.3) is 0 Å². The fourth-order valence-corrected chi connectivity index (χ4v) is 1.99. The minimum Gasteiger partial charge on any atom is -0.480 e.